The van der Waals surface area contributed by atoms with Gasteiger partial charge in [-0.3, -0.25) is 4.99 Å². The number of aliphatic imine (C=N–C) groups is 1. The van der Waals surface area contributed by atoms with Gasteiger partial charge in [0.2, 0.25) is 0 Å². The number of anilines is 1. The van der Waals surface area contributed by atoms with Gasteiger partial charge in [0.25, 0.3) is 0 Å². The fourth-order valence-electron chi connectivity index (χ4n) is 4.09. The van der Waals surface area contributed by atoms with Crippen molar-refractivity contribution in [2.75, 3.05) is 70.2 Å². The van der Waals surface area contributed by atoms with E-state index in [-0.39, 0.29) is 28.7 Å². The molecule has 2 saturated heterocycles. The maximum absolute atomic E-state index is 5.61. The Bertz CT molecular complexity index is 657. The van der Waals surface area contributed by atoms with Crippen LogP contribution >= 0.6 is 35.7 Å². The van der Waals surface area contributed by atoms with Crippen molar-refractivity contribution >= 4 is 47.4 Å². The predicted molar refractivity (Wildman–Crippen MR) is 139 cm³/mol. The Morgan fingerprint density at radius 3 is 2.50 bits per heavy atom. The predicted octanol–water partition coefficient (Wildman–Crippen LogP) is 3.70. The Balaban J connectivity index is 0.00000320. The number of guanidine groups is 1. The van der Waals surface area contributed by atoms with Crippen molar-refractivity contribution in [1.29, 1.82) is 0 Å². The van der Waals surface area contributed by atoms with Gasteiger partial charge in [-0.05, 0) is 37.7 Å². The number of hydrogen-bond acceptors (Lipinski definition) is 5. The SMILES string of the molecule is CCNC(=NCC1(SCC)CCOCC1)N1CCN(c2ccccc2OC)CC1.I. The summed E-state index contributed by atoms with van der Waals surface area (Å²) in [5.41, 5.74) is 1.18. The van der Waals surface area contributed by atoms with Gasteiger partial charge in [0.05, 0.1) is 19.3 Å². The van der Waals surface area contributed by atoms with Crippen molar-refractivity contribution in [3.8, 4) is 5.75 Å². The van der Waals surface area contributed by atoms with Crippen LogP contribution < -0.4 is 15.0 Å². The molecule has 8 heteroatoms. The largest absolute Gasteiger partial charge is 0.495 e. The third kappa shape index (κ3) is 6.56. The summed E-state index contributed by atoms with van der Waals surface area (Å²) in [5.74, 6) is 3.12. The highest BCUT2D eigenvalue weighted by Crippen LogP contribution is 2.36. The summed E-state index contributed by atoms with van der Waals surface area (Å²) in [6.07, 6.45) is 2.19. The molecule has 2 aliphatic rings. The number of nitrogens with zero attached hydrogens (tertiary/aromatic N) is 3. The van der Waals surface area contributed by atoms with Gasteiger partial charge >= 0.3 is 0 Å². The molecule has 2 fully saturated rings. The molecule has 3 rings (SSSR count). The van der Waals surface area contributed by atoms with E-state index < -0.39 is 0 Å². The molecule has 1 aromatic carbocycles. The minimum atomic E-state index is 0. The standard InChI is InChI=1S/C22H36N4O2S.HI/c1-4-23-21(24-18-22(29-5-2)10-16-28-17-11-22)26-14-12-25(13-15-26)19-8-6-7-9-20(19)27-3;/h6-9H,4-5,10-18H2,1-3H3,(H,23,24);1H. The summed E-state index contributed by atoms with van der Waals surface area (Å²) in [7, 11) is 1.74. The van der Waals surface area contributed by atoms with Crippen LogP contribution in [-0.2, 0) is 4.74 Å². The number of methoxy groups -OCH3 is 1. The van der Waals surface area contributed by atoms with Gasteiger partial charge in [0.15, 0.2) is 5.96 Å². The lowest BCUT2D eigenvalue weighted by Gasteiger charge is -2.39. The summed E-state index contributed by atoms with van der Waals surface area (Å²) >= 11 is 2.05. The molecule has 0 bridgehead atoms. The Hall–Kier alpha value is -0.870. The Labute approximate surface area is 203 Å². The molecule has 0 atom stereocenters. The number of thioether (sulfide) groups is 1. The first kappa shape index (κ1) is 25.4. The van der Waals surface area contributed by atoms with Crippen LogP contribution in [0.3, 0.4) is 0 Å². The van der Waals surface area contributed by atoms with Gasteiger partial charge in [0.1, 0.15) is 5.75 Å². The van der Waals surface area contributed by atoms with Crippen molar-refractivity contribution in [2.45, 2.75) is 31.4 Å². The normalized spacial score (nSPS) is 19.2. The van der Waals surface area contributed by atoms with Gasteiger partial charge in [-0.2, -0.15) is 11.8 Å². The van der Waals surface area contributed by atoms with E-state index in [2.05, 4.69) is 52.9 Å². The zero-order valence-corrected chi connectivity index (χ0v) is 21.7. The van der Waals surface area contributed by atoms with Gasteiger partial charge in [-0.15, -0.1) is 24.0 Å². The molecule has 0 saturated carbocycles. The fourth-order valence-corrected chi connectivity index (χ4v) is 5.32. The summed E-state index contributed by atoms with van der Waals surface area (Å²) in [6, 6.07) is 8.28. The molecule has 170 valence electrons. The van der Waals surface area contributed by atoms with Gasteiger partial charge in [0, 0.05) is 50.7 Å². The van der Waals surface area contributed by atoms with Crippen LogP contribution in [0.2, 0.25) is 0 Å². The number of nitrogens with one attached hydrogen (secondary N) is 1. The van der Waals surface area contributed by atoms with Crippen LogP contribution in [0.4, 0.5) is 5.69 Å². The smallest absolute Gasteiger partial charge is 0.194 e. The molecule has 0 amide bonds. The quantitative estimate of drug-likeness (QED) is 0.319. The molecule has 1 N–H and O–H groups in total. The van der Waals surface area contributed by atoms with E-state index in [1.165, 1.54) is 5.69 Å². The molecule has 0 radical (unpaired) electrons. The van der Waals surface area contributed by atoms with E-state index in [0.717, 1.165) is 82.8 Å². The molecular formula is C22H37IN4O2S. The average Bonchev–Trinajstić information content (AvgIpc) is 2.77. The number of benzene rings is 1. The second-order valence-electron chi connectivity index (χ2n) is 7.54. The molecule has 2 aliphatic heterocycles. The lowest BCUT2D eigenvalue weighted by molar-refractivity contribution is 0.0792. The third-order valence-corrected chi connectivity index (χ3v) is 7.15. The first-order valence-corrected chi connectivity index (χ1v) is 11.8. The topological polar surface area (TPSA) is 49.3 Å². The van der Waals surface area contributed by atoms with Crippen molar-refractivity contribution in [3.05, 3.63) is 24.3 Å². The maximum atomic E-state index is 5.61. The number of ether oxygens (including phenoxy) is 2. The van der Waals surface area contributed by atoms with Crippen LogP contribution in [0.25, 0.3) is 0 Å². The molecular weight excluding hydrogens is 511 g/mol. The lowest BCUT2D eigenvalue weighted by Crippen LogP contribution is -2.53. The molecule has 30 heavy (non-hydrogen) atoms. The second-order valence-corrected chi connectivity index (χ2v) is 9.28. The number of piperazine rings is 1. The number of rotatable bonds is 7. The summed E-state index contributed by atoms with van der Waals surface area (Å²) in [6.45, 7) is 11.7. The monoisotopic (exact) mass is 548 g/mol. The first-order valence-electron chi connectivity index (χ1n) is 10.8. The Morgan fingerprint density at radius 2 is 1.87 bits per heavy atom. The average molecular weight is 549 g/mol. The van der Waals surface area contributed by atoms with Gasteiger partial charge in [-0.1, -0.05) is 19.1 Å². The van der Waals surface area contributed by atoms with E-state index in [4.69, 9.17) is 14.5 Å². The van der Waals surface area contributed by atoms with Gasteiger partial charge < -0.3 is 24.6 Å². The minimum absolute atomic E-state index is 0. The molecule has 6 nitrogen and oxygen atoms in total. The molecule has 0 spiro atoms. The first-order chi connectivity index (χ1) is 14.2. The zero-order valence-electron chi connectivity index (χ0n) is 18.6. The molecule has 2 heterocycles. The van der Waals surface area contributed by atoms with Crippen LogP contribution in [0.1, 0.15) is 26.7 Å². The van der Waals surface area contributed by atoms with Crippen LogP contribution in [-0.4, -0.2) is 81.0 Å². The summed E-state index contributed by atoms with van der Waals surface area (Å²) in [4.78, 5) is 9.91. The maximum Gasteiger partial charge on any atom is 0.194 e. The lowest BCUT2D eigenvalue weighted by atomic mass is 9.99. The number of halogens is 1. The van der Waals surface area contributed by atoms with Crippen molar-refractivity contribution < 1.29 is 9.47 Å². The van der Waals surface area contributed by atoms with Crippen LogP contribution in [0, 0.1) is 0 Å². The molecule has 0 unspecified atom stereocenters. The van der Waals surface area contributed by atoms with E-state index in [1.807, 2.05) is 12.1 Å². The van der Waals surface area contributed by atoms with Crippen molar-refractivity contribution in [1.82, 2.24) is 10.2 Å². The highest BCUT2D eigenvalue weighted by atomic mass is 127. The number of para-hydroxylation sites is 2. The highest BCUT2D eigenvalue weighted by molar-refractivity contribution is 14.0. The Kier molecular flexibility index (Phi) is 10.9. The highest BCUT2D eigenvalue weighted by Gasteiger charge is 2.33. The van der Waals surface area contributed by atoms with E-state index in [0.29, 0.717) is 0 Å². The second kappa shape index (κ2) is 12.9. The van der Waals surface area contributed by atoms with Crippen molar-refractivity contribution in [3.63, 3.8) is 0 Å². The minimum Gasteiger partial charge on any atom is -0.495 e. The van der Waals surface area contributed by atoms with Crippen LogP contribution in [0.5, 0.6) is 5.75 Å². The Morgan fingerprint density at radius 1 is 1.17 bits per heavy atom. The van der Waals surface area contributed by atoms with Crippen molar-refractivity contribution in [2.24, 2.45) is 4.99 Å². The van der Waals surface area contributed by atoms with E-state index in [9.17, 15) is 0 Å². The molecule has 0 aliphatic carbocycles. The molecule has 0 aromatic heterocycles. The fraction of sp³-hybridized carbons (Fsp3) is 0.682. The molecule has 1 aromatic rings. The van der Waals surface area contributed by atoms with Gasteiger partial charge in [-0.25, -0.2) is 0 Å². The summed E-state index contributed by atoms with van der Waals surface area (Å²) < 4.78 is 11.4. The third-order valence-electron chi connectivity index (χ3n) is 5.71. The summed E-state index contributed by atoms with van der Waals surface area (Å²) in [5, 5.41) is 3.52. The van der Waals surface area contributed by atoms with E-state index in [1.54, 1.807) is 7.11 Å². The van der Waals surface area contributed by atoms with Crippen LogP contribution in [0.15, 0.2) is 29.3 Å². The zero-order chi connectivity index (χ0) is 20.5. The van der Waals surface area contributed by atoms with E-state index >= 15 is 0 Å². The number of hydrogen-bond donors (Lipinski definition) is 1.